The summed E-state index contributed by atoms with van der Waals surface area (Å²) in [5.74, 6) is 2.59. The lowest BCUT2D eigenvalue weighted by atomic mass is 9.98. The average Bonchev–Trinajstić information content (AvgIpc) is 3.06. The predicted molar refractivity (Wildman–Crippen MR) is 77.5 cm³/mol. The van der Waals surface area contributed by atoms with Gasteiger partial charge >= 0.3 is 0 Å². The number of fused-ring (bicyclic) bond motifs is 1. The van der Waals surface area contributed by atoms with Crippen LogP contribution in [0.3, 0.4) is 0 Å². The van der Waals surface area contributed by atoms with Crippen LogP contribution in [0.5, 0.6) is 0 Å². The van der Waals surface area contributed by atoms with Crippen LogP contribution < -0.4 is 0 Å². The first-order chi connectivity index (χ1) is 9.69. The third kappa shape index (κ3) is 2.61. The van der Waals surface area contributed by atoms with Crippen molar-refractivity contribution in [1.82, 2.24) is 19.7 Å². The molecule has 1 aromatic heterocycles. The molecule has 0 amide bonds. The Morgan fingerprint density at radius 1 is 1.25 bits per heavy atom. The number of hydrogen-bond donors (Lipinski definition) is 1. The largest absolute Gasteiger partial charge is 0.396 e. The third-order valence-electron chi connectivity index (χ3n) is 4.90. The van der Waals surface area contributed by atoms with E-state index in [9.17, 15) is 5.11 Å². The van der Waals surface area contributed by atoms with Crippen molar-refractivity contribution >= 4 is 0 Å². The van der Waals surface area contributed by atoms with E-state index in [1.807, 2.05) is 0 Å². The molecular weight excluding hydrogens is 252 g/mol. The Morgan fingerprint density at radius 3 is 2.85 bits per heavy atom. The van der Waals surface area contributed by atoms with Gasteiger partial charge in [0.05, 0.1) is 0 Å². The van der Waals surface area contributed by atoms with Gasteiger partial charge in [0.2, 0.25) is 0 Å². The van der Waals surface area contributed by atoms with E-state index < -0.39 is 0 Å². The number of rotatable bonds is 4. The second-order valence-corrected chi connectivity index (χ2v) is 6.56. The van der Waals surface area contributed by atoms with Gasteiger partial charge in [0.15, 0.2) is 0 Å². The molecule has 2 unspecified atom stereocenters. The van der Waals surface area contributed by atoms with Gasteiger partial charge in [-0.15, -0.1) is 10.2 Å². The maximum Gasteiger partial charge on any atom is 0.134 e. The molecule has 20 heavy (non-hydrogen) atoms. The van der Waals surface area contributed by atoms with Crippen LogP contribution in [0.25, 0.3) is 0 Å². The van der Waals surface area contributed by atoms with Crippen LogP contribution in [0.4, 0.5) is 0 Å². The number of hydrogen-bond acceptors (Lipinski definition) is 4. The fraction of sp³-hybridized carbons (Fsp3) is 0.867. The molecule has 1 aromatic rings. The summed E-state index contributed by atoms with van der Waals surface area (Å²) in [4.78, 5) is 2.60. The summed E-state index contributed by atoms with van der Waals surface area (Å²) in [5, 5.41) is 18.1. The van der Waals surface area contributed by atoms with E-state index in [4.69, 9.17) is 0 Å². The summed E-state index contributed by atoms with van der Waals surface area (Å²) < 4.78 is 2.29. The lowest BCUT2D eigenvalue weighted by molar-refractivity contribution is 0.191. The van der Waals surface area contributed by atoms with Crippen LogP contribution in [0.15, 0.2) is 0 Å². The van der Waals surface area contributed by atoms with Crippen molar-refractivity contribution in [1.29, 1.82) is 0 Å². The van der Waals surface area contributed by atoms with Crippen molar-refractivity contribution in [3.63, 3.8) is 0 Å². The highest BCUT2D eigenvalue weighted by Crippen LogP contribution is 2.25. The zero-order chi connectivity index (χ0) is 14.1. The monoisotopic (exact) mass is 278 g/mol. The van der Waals surface area contributed by atoms with Gasteiger partial charge in [-0.3, -0.25) is 4.90 Å². The number of aliphatic hydroxyl groups excluding tert-OH is 1. The minimum Gasteiger partial charge on any atom is -0.396 e. The normalized spacial score (nSPS) is 27.2. The van der Waals surface area contributed by atoms with Gasteiger partial charge in [0.25, 0.3) is 0 Å². The Hall–Kier alpha value is -0.940. The first-order valence-electron chi connectivity index (χ1n) is 7.96. The first-order valence-corrected chi connectivity index (χ1v) is 7.96. The highest BCUT2D eigenvalue weighted by Gasteiger charge is 2.29. The highest BCUT2D eigenvalue weighted by molar-refractivity contribution is 5.03. The van der Waals surface area contributed by atoms with Crippen LogP contribution in [0.2, 0.25) is 0 Å². The molecule has 5 nitrogen and oxygen atoms in total. The summed E-state index contributed by atoms with van der Waals surface area (Å²) >= 11 is 0. The molecule has 0 aliphatic carbocycles. The molecule has 1 N–H and O–H groups in total. The fourth-order valence-corrected chi connectivity index (χ4v) is 3.73. The van der Waals surface area contributed by atoms with Crippen LogP contribution in [0, 0.1) is 5.92 Å². The van der Waals surface area contributed by atoms with Crippen LogP contribution in [0.1, 0.15) is 44.8 Å². The van der Waals surface area contributed by atoms with Crippen molar-refractivity contribution in [2.24, 2.45) is 5.92 Å². The van der Waals surface area contributed by atoms with Gasteiger partial charge in [-0.1, -0.05) is 0 Å². The van der Waals surface area contributed by atoms with E-state index in [-0.39, 0.29) is 6.61 Å². The summed E-state index contributed by atoms with van der Waals surface area (Å²) in [6, 6.07) is 1.24. The Bertz CT molecular complexity index is 457. The lowest BCUT2D eigenvalue weighted by Gasteiger charge is -2.28. The van der Waals surface area contributed by atoms with Crippen molar-refractivity contribution in [3.05, 3.63) is 11.6 Å². The van der Waals surface area contributed by atoms with Crippen molar-refractivity contribution in [2.75, 3.05) is 13.2 Å². The van der Waals surface area contributed by atoms with Crippen LogP contribution >= 0.6 is 0 Å². The second-order valence-electron chi connectivity index (χ2n) is 6.56. The quantitative estimate of drug-likeness (QED) is 0.900. The van der Waals surface area contributed by atoms with Crippen LogP contribution in [-0.2, 0) is 19.4 Å². The molecule has 0 saturated carbocycles. The molecule has 3 heterocycles. The Morgan fingerprint density at radius 2 is 2.10 bits per heavy atom. The van der Waals surface area contributed by atoms with Crippen molar-refractivity contribution in [3.8, 4) is 0 Å². The SMILES string of the molecule is CC(C)N1CCCC1Cc1nnc2n1CCC(CO)C2. The van der Waals surface area contributed by atoms with Gasteiger partial charge in [-0.25, -0.2) is 0 Å². The molecular formula is C15H26N4O. The van der Waals surface area contributed by atoms with E-state index in [1.165, 1.54) is 19.4 Å². The highest BCUT2D eigenvalue weighted by atomic mass is 16.3. The van der Waals surface area contributed by atoms with Gasteiger partial charge in [-0.05, 0) is 45.6 Å². The maximum atomic E-state index is 9.28. The molecule has 2 aliphatic heterocycles. The Kier molecular flexibility index (Phi) is 4.08. The lowest BCUT2D eigenvalue weighted by Crippen LogP contribution is -2.37. The van der Waals surface area contributed by atoms with Gasteiger partial charge in [0, 0.05) is 38.1 Å². The van der Waals surface area contributed by atoms with E-state index in [0.29, 0.717) is 18.0 Å². The molecule has 112 valence electrons. The molecule has 0 radical (unpaired) electrons. The van der Waals surface area contributed by atoms with E-state index in [0.717, 1.165) is 37.5 Å². The van der Waals surface area contributed by atoms with Crippen LogP contribution in [-0.4, -0.2) is 50.0 Å². The number of likely N-dealkylation sites (tertiary alicyclic amines) is 1. The number of nitrogens with zero attached hydrogens (tertiary/aromatic N) is 4. The van der Waals surface area contributed by atoms with Gasteiger partial charge in [0.1, 0.15) is 11.6 Å². The molecule has 1 fully saturated rings. The summed E-state index contributed by atoms with van der Waals surface area (Å²) in [7, 11) is 0. The van der Waals surface area contributed by atoms with Gasteiger partial charge < -0.3 is 9.67 Å². The average molecular weight is 278 g/mol. The smallest absolute Gasteiger partial charge is 0.134 e. The van der Waals surface area contributed by atoms with Crippen molar-refractivity contribution in [2.45, 2.75) is 64.6 Å². The summed E-state index contributed by atoms with van der Waals surface area (Å²) in [6.07, 6.45) is 5.53. The maximum absolute atomic E-state index is 9.28. The first kappa shape index (κ1) is 14.0. The second kappa shape index (κ2) is 5.82. The third-order valence-corrected chi connectivity index (χ3v) is 4.90. The summed E-state index contributed by atoms with van der Waals surface area (Å²) in [6.45, 7) is 7.02. The molecule has 5 heteroatoms. The Labute approximate surface area is 121 Å². The summed E-state index contributed by atoms with van der Waals surface area (Å²) in [5.41, 5.74) is 0. The molecule has 0 spiro atoms. The zero-order valence-corrected chi connectivity index (χ0v) is 12.6. The predicted octanol–water partition coefficient (Wildman–Crippen LogP) is 1.25. The molecule has 3 rings (SSSR count). The number of aliphatic hydroxyl groups is 1. The molecule has 2 atom stereocenters. The topological polar surface area (TPSA) is 54.2 Å². The standard InChI is InChI=1S/C15H26N4O/c1-11(2)18-6-3-4-13(18)9-15-17-16-14-8-12(10-20)5-7-19(14)15/h11-13,20H,3-10H2,1-2H3. The minimum atomic E-state index is 0.270. The Balaban J connectivity index is 1.71. The minimum absolute atomic E-state index is 0.270. The molecule has 0 bridgehead atoms. The molecule has 0 aromatic carbocycles. The molecule has 2 aliphatic rings. The van der Waals surface area contributed by atoms with E-state index >= 15 is 0 Å². The van der Waals surface area contributed by atoms with E-state index in [1.54, 1.807) is 0 Å². The zero-order valence-electron chi connectivity index (χ0n) is 12.6. The molecule has 1 saturated heterocycles. The van der Waals surface area contributed by atoms with Crippen molar-refractivity contribution < 1.29 is 5.11 Å². The fourth-order valence-electron chi connectivity index (χ4n) is 3.73. The number of aromatic nitrogens is 3. The van der Waals surface area contributed by atoms with Gasteiger partial charge in [-0.2, -0.15) is 0 Å². The van der Waals surface area contributed by atoms with E-state index in [2.05, 4.69) is 33.5 Å².